The summed E-state index contributed by atoms with van der Waals surface area (Å²) in [5.41, 5.74) is 10.1. The summed E-state index contributed by atoms with van der Waals surface area (Å²) < 4.78 is 33.9. The third kappa shape index (κ3) is 3.85. The number of ketones is 1. The Kier molecular flexibility index (Phi) is 5.55. The maximum absolute atomic E-state index is 13.5. The van der Waals surface area contributed by atoms with Crippen molar-refractivity contribution in [1.82, 2.24) is 0 Å². The predicted molar refractivity (Wildman–Crippen MR) is 130 cm³/mol. The summed E-state index contributed by atoms with van der Waals surface area (Å²) >= 11 is -0.906. The molecule has 166 valence electrons. The van der Waals surface area contributed by atoms with Crippen LogP contribution in [-0.4, -0.2) is 38.6 Å². The summed E-state index contributed by atoms with van der Waals surface area (Å²) in [7, 11) is -4.33. The van der Waals surface area contributed by atoms with Crippen LogP contribution < -0.4 is 8.64 Å². The van der Waals surface area contributed by atoms with Gasteiger partial charge in [-0.3, -0.25) is 0 Å². The third-order valence-electron chi connectivity index (χ3n) is 5.95. The normalized spacial score (nSPS) is 16.5. The van der Waals surface area contributed by atoms with Gasteiger partial charge in [0.25, 0.3) is 0 Å². The molecule has 1 heterocycles. The first-order valence-corrected chi connectivity index (χ1v) is 15.3. The molecule has 5 rings (SSSR count). The molecule has 0 N–H and O–H groups in total. The number of carbonyl (C=O) groups excluding carboxylic acids is 1. The number of aryl methyl sites for hydroxylation is 1. The Labute approximate surface area is 196 Å². The molecule has 2 aliphatic rings. The van der Waals surface area contributed by atoms with Crippen molar-refractivity contribution in [2.45, 2.75) is 30.4 Å². The molecule has 33 heavy (non-hydrogen) atoms. The van der Waals surface area contributed by atoms with E-state index in [2.05, 4.69) is 4.79 Å². The number of fused-ring (bicyclic) bond motifs is 2. The summed E-state index contributed by atoms with van der Waals surface area (Å²) in [4.78, 5) is 15.4. The molecular formula is C25H21N2O4SSe+. The first-order valence-electron chi connectivity index (χ1n) is 10.6. The van der Waals surface area contributed by atoms with Gasteiger partial charge in [-0.15, -0.1) is 0 Å². The monoisotopic (exact) mass is 525 g/mol. The van der Waals surface area contributed by atoms with Crippen molar-refractivity contribution < 1.29 is 22.2 Å². The van der Waals surface area contributed by atoms with E-state index in [1.807, 2.05) is 37.3 Å². The number of rotatable bonds is 4. The molecule has 0 radical (unpaired) electrons. The zero-order chi connectivity index (χ0) is 23.2. The number of hydrogen-bond acceptors (Lipinski definition) is 4. The number of benzene rings is 3. The van der Waals surface area contributed by atoms with Crippen LogP contribution in [0.5, 0.6) is 5.75 Å². The van der Waals surface area contributed by atoms with Crippen LogP contribution in [0.3, 0.4) is 0 Å². The molecule has 0 atom stereocenters. The Morgan fingerprint density at radius 3 is 2.42 bits per heavy atom. The van der Waals surface area contributed by atoms with Crippen molar-refractivity contribution in [2.75, 3.05) is 0 Å². The fourth-order valence-electron chi connectivity index (χ4n) is 4.35. The number of carbonyl (C=O) groups is 1. The standard InChI is InChI=1S/C25H21N2O4SSe/c1-16-8-9-19-20(14-16)23(15-21(27-26)25(19)28)32(29,30)31-22-10-11-24(33-12-4-5-13-33)18-7-3-2-6-17(18)22/h2-3,6-11,14-15H,4-5,12-13H2,1H3/q+1. The van der Waals surface area contributed by atoms with E-state index in [-0.39, 0.29) is 27.5 Å². The quantitative estimate of drug-likeness (QED) is 0.221. The van der Waals surface area contributed by atoms with Crippen LogP contribution in [0.25, 0.3) is 21.2 Å². The number of nitrogens with zero attached hydrogens (tertiary/aromatic N) is 2. The van der Waals surface area contributed by atoms with Crippen LogP contribution in [0.4, 0.5) is 0 Å². The molecule has 1 saturated heterocycles. The van der Waals surface area contributed by atoms with Crippen LogP contribution in [0.15, 0.2) is 60.7 Å². The average molecular weight is 524 g/mol. The van der Waals surface area contributed by atoms with Crippen molar-refractivity contribution >= 4 is 55.7 Å². The van der Waals surface area contributed by atoms with Gasteiger partial charge in [-0.25, -0.2) is 0 Å². The Bertz CT molecular complexity index is 1500. The molecule has 0 spiro atoms. The van der Waals surface area contributed by atoms with Gasteiger partial charge in [0.1, 0.15) is 0 Å². The minimum atomic E-state index is -4.33. The minimum absolute atomic E-state index is 0.157. The van der Waals surface area contributed by atoms with Gasteiger partial charge in [0, 0.05) is 0 Å². The van der Waals surface area contributed by atoms with Crippen LogP contribution in [-0.2, 0) is 10.1 Å². The van der Waals surface area contributed by atoms with Crippen LogP contribution in [0, 0.1) is 6.92 Å². The summed E-state index contributed by atoms with van der Waals surface area (Å²) in [6, 6.07) is 16.4. The Morgan fingerprint density at radius 2 is 1.70 bits per heavy atom. The average Bonchev–Trinajstić information content (AvgIpc) is 3.34. The summed E-state index contributed by atoms with van der Waals surface area (Å²) in [5, 5.41) is 4.30. The Hall–Kier alpha value is -3.02. The predicted octanol–water partition coefficient (Wildman–Crippen LogP) is 4.26. The zero-order valence-electron chi connectivity index (χ0n) is 17.9. The summed E-state index contributed by atoms with van der Waals surface area (Å²) in [6.45, 7) is 1.81. The molecule has 0 aromatic heterocycles. The number of Topliss-reactive ketones (excluding diaryl/α,β-unsaturated/α-hetero) is 1. The van der Waals surface area contributed by atoms with Gasteiger partial charge in [-0.2, -0.15) is 0 Å². The third-order valence-corrected chi connectivity index (χ3v) is 12.6. The van der Waals surface area contributed by atoms with Gasteiger partial charge < -0.3 is 0 Å². The first-order chi connectivity index (χ1) is 15.9. The van der Waals surface area contributed by atoms with E-state index in [1.54, 1.807) is 18.2 Å². The second kappa shape index (κ2) is 8.40. The number of allylic oxidation sites excluding steroid dienone is 1. The fourth-order valence-corrected chi connectivity index (χ4v) is 10.8. The molecule has 6 nitrogen and oxygen atoms in total. The molecule has 3 aromatic rings. The molecular weight excluding hydrogens is 503 g/mol. The van der Waals surface area contributed by atoms with Crippen LogP contribution >= 0.6 is 0 Å². The maximum atomic E-state index is 13.5. The van der Waals surface area contributed by atoms with Gasteiger partial charge >= 0.3 is 197 Å². The molecule has 8 heteroatoms. The topological polar surface area (TPSA) is 96.8 Å². The Balaban J connectivity index is 1.62. The molecule has 0 saturated carbocycles. The number of hydrogen-bond donors (Lipinski definition) is 0. The van der Waals surface area contributed by atoms with Gasteiger partial charge in [0.05, 0.1) is 0 Å². The molecule has 0 bridgehead atoms. The van der Waals surface area contributed by atoms with E-state index >= 15 is 0 Å². The second-order valence-corrected chi connectivity index (χ2v) is 14.3. The Morgan fingerprint density at radius 1 is 0.970 bits per heavy atom. The van der Waals surface area contributed by atoms with Crippen LogP contribution in [0.2, 0.25) is 10.6 Å². The van der Waals surface area contributed by atoms with Crippen molar-refractivity contribution in [2.24, 2.45) is 0 Å². The molecule has 3 aromatic carbocycles. The summed E-state index contributed by atoms with van der Waals surface area (Å²) in [5.74, 6) is -0.296. The first kappa shape index (κ1) is 21.8. The summed E-state index contributed by atoms with van der Waals surface area (Å²) in [6.07, 6.45) is 3.58. The van der Waals surface area contributed by atoms with Crippen molar-refractivity contribution in [3.8, 4) is 5.75 Å². The molecule has 1 aliphatic heterocycles. The van der Waals surface area contributed by atoms with Crippen molar-refractivity contribution in [3.05, 3.63) is 82.9 Å². The van der Waals surface area contributed by atoms with E-state index in [9.17, 15) is 18.7 Å². The van der Waals surface area contributed by atoms with E-state index in [0.29, 0.717) is 0 Å². The van der Waals surface area contributed by atoms with Gasteiger partial charge in [-0.1, -0.05) is 0 Å². The molecule has 0 unspecified atom stereocenters. The van der Waals surface area contributed by atoms with Crippen LogP contribution in [0.1, 0.15) is 34.3 Å². The van der Waals surface area contributed by atoms with Crippen molar-refractivity contribution in [3.63, 3.8) is 0 Å². The zero-order valence-corrected chi connectivity index (χ0v) is 20.5. The molecule has 1 aliphatic carbocycles. The van der Waals surface area contributed by atoms with E-state index in [1.165, 1.54) is 34.0 Å². The SMILES string of the molecule is Cc1ccc2c(c1)C(S(=O)(=O)Oc1ccc([Se+]3CCCC3)c3ccccc13)=CC(=[N+]=[N-])C2=O. The fraction of sp³-hybridized carbons (Fsp3) is 0.200. The van der Waals surface area contributed by atoms with Gasteiger partial charge in [0.2, 0.25) is 0 Å². The molecule has 1 fully saturated rings. The van der Waals surface area contributed by atoms with Gasteiger partial charge in [-0.05, 0) is 0 Å². The second-order valence-electron chi connectivity index (χ2n) is 8.13. The van der Waals surface area contributed by atoms with E-state index < -0.39 is 29.8 Å². The van der Waals surface area contributed by atoms with E-state index in [4.69, 9.17) is 4.18 Å². The molecule has 0 amide bonds. The van der Waals surface area contributed by atoms with Gasteiger partial charge in [0.15, 0.2) is 0 Å². The van der Waals surface area contributed by atoms with Crippen molar-refractivity contribution in [1.29, 1.82) is 0 Å². The van der Waals surface area contributed by atoms with E-state index in [0.717, 1.165) is 22.4 Å².